The summed E-state index contributed by atoms with van der Waals surface area (Å²) in [4.78, 5) is 11.9. The highest BCUT2D eigenvalue weighted by molar-refractivity contribution is 6.42. The van der Waals surface area contributed by atoms with E-state index in [0.717, 1.165) is 13.0 Å². The highest BCUT2D eigenvalue weighted by Gasteiger charge is 2.23. The van der Waals surface area contributed by atoms with Crippen LogP contribution in [-0.2, 0) is 4.79 Å². The van der Waals surface area contributed by atoms with Crippen LogP contribution in [0.4, 0.5) is 5.69 Å². The van der Waals surface area contributed by atoms with Crippen LogP contribution in [0.15, 0.2) is 12.1 Å². The smallest absolute Gasteiger partial charge is 0.228 e. The van der Waals surface area contributed by atoms with E-state index in [0.29, 0.717) is 27.3 Å². The topological polar surface area (TPSA) is 41.1 Å². The number of carbonyl (C=O) groups excluding carboxylic acids is 1. The molecule has 17 heavy (non-hydrogen) atoms. The summed E-state index contributed by atoms with van der Waals surface area (Å²) in [5.74, 6) is -0.0982. The second-order valence-corrected chi connectivity index (χ2v) is 5.17. The fourth-order valence-corrected chi connectivity index (χ4v) is 2.68. The Labute approximate surface area is 114 Å². The zero-order valence-corrected chi connectivity index (χ0v) is 11.2. The van der Waals surface area contributed by atoms with E-state index in [1.165, 1.54) is 0 Å². The first-order chi connectivity index (χ1) is 8.08. The number of hydrogen-bond acceptors (Lipinski definition) is 2. The van der Waals surface area contributed by atoms with E-state index in [9.17, 15) is 4.79 Å². The fourth-order valence-electron chi connectivity index (χ4n) is 1.77. The minimum Gasteiger partial charge on any atom is -0.323 e. The predicted octanol–water partition coefficient (Wildman–Crippen LogP) is 3.19. The van der Waals surface area contributed by atoms with E-state index in [1.54, 1.807) is 12.1 Å². The van der Waals surface area contributed by atoms with Gasteiger partial charge in [0.05, 0.1) is 21.7 Å². The number of nitrogens with one attached hydrogen (secondary N) is 2. The van der Waals surface area contributed by atoms with Crippen LogP contribution < -0.4 is 10.6 Å². The molecule has 0 bridgehead atoms. The highest BCUT2D eigenvalue weighted by Crippen LogP contribution is 2.34. The number of amides is 1. The third-order valence-electron chi connectivity index (χ3n) is 2.69. The normalized spacial score (nSPS) is 19.4. The van der Waals surface area contributed by atoms with Gasteiger partial charge in [0.25, 0.3) is 0 Å². The Morgan fingerprint density at radius 1 is 1.29 bits per heavy atom. The van der Waals surface area contributed by atoms with Crippen molar-refractivity contribution in [1.82, 2.24) is 5.32 Å². The van der Waals surface area contributed by atoms with Crippen molar-refractivity contribution in [3.63, 3.8) is 0 Å². The summed E-state index contributed by atoms with van der Waals surface area (Å²) in [5.41, 5.74) is 0.426. The van der Waals surface area contributed by atoms with Gasteiger partial charge >= 0.3 is 0 Å². The van der Waals surface area contributed by atoms with Crippen LogP contribution in [-0.4, -0.2) is 19.0 Å². The van der Waals surface area contributed by atoms with Crippen molar-refractivity contribution in [1.29, 1.82) is 0 Å². The van der Waals surface area contributed by atoms with Crippen LogP contribution >= 0.6 is 34.8 Å². The van der Waals surface area contributed by atoms with Crippen molar-refractivity contribution in [3.8, 4) is 0 Å². The molecule has 1 fully saturated rings. The lowest BCUT2D eigenvalue weighted by Crippen LogP contribution is -2.24. The molecule has 0 aliphatic carbocycles. The molecule has 0 aromatic heterocycles. The van der Waals surface area contributed by atoms with Crippen LogP contribution in [0.5, 0.6) is 0 Å². The van der Waals surface area contributed by atoms with Crippen LogP contribution in [0, 0.1) is 5.92 Å². The molecular formula is C11H11Cl3N2O. The fraction of sp³-hybridized carbons (Fsp3) is 0.364. The molecule has 6 heteroatoms. The third kappa shape index (κ3) is 3.05. The summed E-state index contributed by atoms with van der Waals surface area (Å²) < 4.78 is 0. The monoisotopic (exact) mass is 292 g/mol. The number of anilines is 1. The number of hydrogen-bond donors (Lipinski definition) is 2. The molecule has 1 amide bonds. The molecule has 1 aliphatic rings. The maximum atomic E-state index is 11.9. The zero-order valence-electron chi connectivity index (χ0n) is 8.90. The molecule has 1 heterocycles. The Morgan fingerprint density at radius 3 is 2.47 bits per heavy atom. The Bertz CT molecular complexity index is 421. The van der Waals surface area contributed by atoms with Crippen molar-refractivity contribution in [2.24, 2.45) is 5.92 Å². The maximum absolute atomic E-state index is 11.9. The van der Waals surface area contributed by atoms with Gasteiger partial charge in [-0.1, -0.05) is 34.8 Å². The molecule has 0 radical (unpaired) electrons. The third-order valence-corrected chi connectivity index (χ3v) is 3.50. The minimum atomic E-state index is -0.0684. The van der Waals surface area contributed by atoms with E-state index in [2.05, 4.69) is 10.6 Å². The van der Waals surface area contributed by atoms with Gasteiger partial charge in [0, 0.05) is 11.6 Å². The van der Waals surface area contributed by atoms with Crippen LogP contribution in [0.3, 0.4) is 0 Å². The van der Waals surface area contributed by atoms with Gasteiger partial charge in [0.15, 0.2) is 0 Å². The number of carbonyl (C=O) groups is 1. The van der Waals surface area contributed by atoms with Crippen LogP contribution in [0.25, 0.3) is 0 Å². The molecule has 1 unspecified atom stereocenters. The van der Waals surface area contributed by atoms with Gasteiger partial charge in [-0.2, -0.15) is 0 Å². The lowest BCUT2D eigenvalue weighted by atomic mass is 10.1. The Kier molecular flexibility index (Phi) is 4.15. The number of benzene rings is 1. The number of halogens is 3. The SMILES string of the molecule is O=C(Nc1c(Cl)cc(Cl)cc1Cl)C1CCNC1. The van der Waals surface area contributed by atoms with E-state index in [-0.39, 0.29) is 11.8 Å². The molecule has 0 spiro atoms. The van der Waals surface area contributed by atoms with Crippen molar-refractivity contribution in [3.05, 3.63) is 27.2 Å². The standard InChI is InChI=1S/C11H11Cl3N2O/c12-7-3-8(13)10(9(14)4-7)16-11(17)6-1-2-15-5-6/h3-4,6,15H,1-2,5H2,(H,16,17). The first-order valence-electron chi connectivity index (χ1n) is 5.24. The van der Waals surface area contributed by atoms with E-state index < -0.39 is 0 Å². The molecule has 1 aromatic carbocycles. The molecule has 1 atom stereocenters. The van der Waals surface area contributed by atoms with Crippen molar-refractivity contribution >= 4 is 46.4 Å². The van der Waals surface area contributed by atoms with Gasteiger partial charge in [-0.15, -0.1) is 0 Å². The van der Waals surface area contributed by atoms with Gasteiger partial charge in [0.1, 0.15) is 0 Å². The lowest BCUT2D eigenvalue weighted by molar-refractivity contribution is -0.119. The first kappa shape index (κ1) is 13.0. The largest absolute Gasteiger partial charge is 0.323 e. The Balaban J connectivity index is 2.15. The van der Waals surface area contributed by atoms with Crippen molar-refractivity contribution < 1.29 is 4.79 Å². The quantitative estimate of drug-likeness (QED) is 0.879. The summed E-state index contributed by atoms with van der Waals surface area (Å²) in [6, 6.07) is 3.11. The second kappa shape index (κ2) is 5.44. The van der Waals surface area contributed by atoms with E-state index in [1.807, 2.05) is 0 Å². The lowest BCUT2D eigenvalue weighted by Gasteiger charge is -2.12. The molecule has 2 rings (SSSR count). The van der Waals surface area contributed by atoms with E-state index >= 15 is 0 Å². The zero-order chi connectivity index (χ0) is 12.4. The first-order valence-corrected chi connectivity index (χ1v) is 6.37. The maximum Gasteiger partial charge on any atom is 0.228 e. The Morgan fingerprint density at radius 2 is 1.94 bits per heavy atom. The molecular weight excluding hydrogens is 282 g/mol. The van der Waals surface area contributed by atoms with Crippen LogP contribution in [0.2, 0.25) is 15.1 Å². The van der Waals surface area contributed by atoms with Gasteiger partial charge < -0.3 is 10.6 Å². The molecule has 2 N–H and O–H groups in total. The average Bonchev–Trinajstić information content (AvgIpc) is 2.76. The molecule has 1 saturated heterocycles. The Hall–Kier alpha value is -0.480. The average molecular weight is 294 g/mol. The van der Waals surface area contributed by atoms with Gasteiger partial charge in [-0.3, -0.25) is 4.79 Å². The summed E-state index contributed by atoms with van der Waals surface area (Å²) in [7, 11) is 0. The molecule has 1 aliphatic heterocycles. The van der Waals surface area contributed by atoms with Crippen molar-refractivity contribution in [2.45, 2.75) is 6.42 Å². The van der Waals surface area contributed by atoms with Crippen molar-refractivity contribution in [2.75, 3.05) is 18.4 Å². The van der Waals surface area contributed by atoms with Gasteiger partial charge in [-0.25, -0.2) is 0 Å². The number of rotatable bonds is 2. The predicted molar refractivity (Wildman–Crippen MR) is 71.1 cm³/mol. The summed E-state index contributed by atoms with van der Waals surface area (Å²) in [6.45, 7) is 1.55. The van der Waals surface area contributed by atoms with Crippen LogP contribution in [0.1, 0.15) is 6.42 Å². The molecule has 92 valence electrons. The van der Waals surface area contributed by atoms with Gasteiger partial charge in [0.2, 0.25) is 5.91 Å². The summed E-state index contributed by atoms with van der Waals surface area (Å²) >= 11 is 17.8. The highest BCUT2D eigenvalue weighted by atomic mass is 35.5. The molecule has 3 nitrogen and oxygen atoms in total. The van der Waals surface area contributed by atoms with Gasteiger partial charge in [-0.05, 0) is 25.1 Å². The molecule has 0 saturated carbocycles. The minimum absolute atomic E-state index is 0.0298. The van der Waals surface area contributed by atoms with E-state index in [4.69, 9.17) is 34.8 Å². The molecule has 1 aromatic rings. The summed E-state index contributed by atoms with van der Waals surface area (Å²) in [6.07, 6.45) is 0.828. The summed E-state index contributed by atoms with van der Waals surface area (Å²) in [5, 5.41) is 7.02. The second-order valence-electron chi connectivity index (χ2n) is 3.92.